The minimum absolute atomic E-state index is 0.152. The van der Waals surface area contributed by atoms with E-state index < -0.39 is 0 Å². The number of ether oxygens (including phenoxy) is 1. The van der Waals surface area contributed by atoms with Gasteiger partial charge in [0.15, 0.2) is 0 Å². The van der Waals surface area contributed by atoms with Crippen molar-refractivity contribution in [3.05, 3.63) is 23.1 Å². The van der Waals surface area contributed by atoms with Gasteiger partial charge in [0.25, 0.3) is 0 Å². The Balaban J connectivity index is 2.27. The maximum Gasteiger partial charge on any atom is 0.309 e. The van der Waals surface area contributed by atoms with Crippen molar-refractivity contribution in [3.8, 4) is 0 Å². The summed E-state index contributed by atoms with van der Waals surface area (Å²) in [5.74, 6) is 1.65. The summed E-state index contributed by atoms with van der Waals surface area (Å²) in [6.45, 7) is 4.47. The van der Waals surface area contributed by atoms with Crippen molar-refractivity contribution in [3.63, 3.8) is 0 Å². The van der Waals surface area contributed by atoms with E-state index in [0.717, 1.165) is 5.75 Å². The second kappa shape index (κ2) is 5.91. The lowest BCUT2D eigenvalue weighted by Crippen LogP contribution is -2.01. The molecule has 0 bridgehead atoms. The Hall–Kier alpha value is -0.700. The van der Waals surface area contributed by atoms with Crippen molar-refractivity contribution >= 4 is 17.7 Å². The highest BCUT2D eigenvalue weighted by Crippen LogP contribution is 2.29. The third kappa shape index (κ3) is 4.01. The summed E-state index contributed by atoms with van der Waals surface area (Å²) in [5.41, 5.74) is 0. The average molecular weight is 212 g/mol. The first-order valence-electron chi connectivity index (χ1n) is 4.89. The molecular formula is C11H16O2S. The molecule has 1 aliphatic rings. The second-order valence-electron chi connectivity index (χ2n) is 3.27. The van der Waals surface area contributed by atoms with E-state index >= 15 is 0 Å². The van der Waals surface area contributed by atoms with Gasteiger partial charge in [-0.3, -0.25) is 4.79 Å². The average Bonchev–Trinajstić information content (AvgIpc) is 2.52. The number of allylic oxidation sites excluding steroid dienone is 2. The van der Waals surface area contributed by atoms with Gasteiger partial charge in [-0.15, -0.1) is 11.8 Å². The second-order valence-corrected chi connectivity index (χ2v) is 4.36. The van der Waals surface area contributed by atoms with Crippen molar-refractivity contribution in [1.29, 1.82) is 0 Å². The standard InChI is InChI=1S/C11H16O2S/c1-3-13-11(12)6-4-5-10-7-9(2)8-14-10/h4-5,7,9H,3,6,8H2,1-2H3/b5-4-. The molecule has 3 heteroatoms. The van der Waals surface area contributed by atoms with E-state index in [2.05, 4.69) is 13.0 Å². The van der Waals surface area contributed by atoms with E-state index in [4.69, 9.17) is 4.74 Å². The van der Waals surface area contributed by atoms with Crippen LogP contribution >= 0.6 is 11.8 Å². The fourth-order valence-corrected chi connectivity index (χ4v) is 2.27. The summed E-state index contributed by atoms with van der Waals surface area (Å²) in [4.78, 5) is 12.2. The first-order chi connectivity index (χ1) is 6.72. The van der Waals surface area contributed by atoms with Gasteiger partial charge in [-0.25, -0.2) is 0 Å². The van der Waals surface area contributed by atoms with E-state index in [1.165, 1.54) is 4.91 Å². The Bertz CT molecular complexity index is 256. The molecule has 14 heavy (non-hydrogen) atoms. The third-order valence-electron chi connectivity index (χ3n) is 1.83. The largest absolute Gasteiger partial charge is 0.466 e. The molecule has 0 N–H and O–H groups in total. The molecule has 78 valence electrons. The first kappa shape index (κ1) is 11.4. The molecular weight excluding hydrogens is 196 g/mol. The molecule has 1 heterocycles. The fraction of sp³-hybridized carbons (Fsp3) is 0.545. The van der Waals surface area contributed by atoms with Crippen molar-refractivity contribution in [2.45, 2.75) is 20.3 Å². The van der Waals surface area contributed by atoms with Gasteiger partial charge in [-0.2, -0.15) is 0 Å². The number of carbonyl (C=O) groups excluding carboxylic acids is 1. The predicted octanol–water partition coefficient (Wildman–Crippen LogP) is 2.76. The first-order valence-corrected chi connectivity index (χ1v) is 5.87. The SMILES string of the molecule is CCOC(=O)C/C=C\C1=CC(C)CS1. The molecule has 0 fully saturated rings. The highest BCUT2D eigenvalue weighted by molar-refractivity contribution is 8.03. The van der Waals surface area contributed by atoms with Crippen LogP contribution in [0, 0.1) is 5.92 Å². The molecule has 0 saturated carbocycles. The topological polar surface area (TPSA) is 26.3 Å². The third-order valence-corrected chi connectivity index (χ3v) is 3.13. The molecule has 1 rings (SSSR count). The van der Waals surface area contributed by atoms with Crippen molar-refractivity contribution in [1.82, 2.24) is 0 Å². The number of esters is 1. The van der Waals surface area contributed by atoms with Crippen molar-refractivity contribution in [2.24, 2.45) is 5.92 Å². The van der Waals surface area contributed by atoms with Gasteiger partial charge in [0.1, 0.15) is 0 Å². The van der Waals surface area contributed by atoms with Gasteiger partial charge >= 0.3 is 5.97 Å². The van der Waals surface area contributed by atoms with Crippen molar-refractivity contribution < 1.29 is 9.53 Å². The quantitative estimate of drug-likeness (QED) is 0.670. The van der Waals surface area contributed by atoms with Crippen molar-refractivity contribution in [2.75, 3.05) is 12.4 Å². The van der Waals surface area contributed by atoms with Gasteiger partial charge in [-0.05, 0) is 12.8 Å². The molecule has 0 aromatic carbocycles. The Labute approximate surface area is 89.4 Å². The summed E-state index contributed by atoms with van der Waals surface area (Å²) in [5, 5.41) is 0. The van der Waals surface area contributed by atoms with Crippen LogP contribution in [0.25, 0.3) is 0 Å². The lowest BCUT2D eigenvalue weighted by Gasteiger charge is -1.96. The molecule has 0 amide bonds. The maximum atomic E-state index is 11.0. The van der Waals surface area contributed by atoms with Gasteiger partial charge in [0.2, 0.25) is 0 Å². The zero-order valence-electron chi connectivity index (χ0n) is 8.66. The zero-order valence-corrected chi connectivity index (χ0v) is 9.47. The van der Waals surface area contributed by atoms with Crippen LogP contribution in [0.15, 0.2) is 23.1 Å². The highest BCUT2D eigenvalue weighted by Gasteiger charge is 2.09. The summed E-state index contributed by atoms with van der Waals surface area (Å²) >= 11 is 1.84. The van der Waals surface area contributed by atoms with E-state index in [1.54, 1.807) is 0 Å². The van der Waals surface area contributed by atoms with Crippen LogP contribution in [-0.4, -0.2) is 18.3 Å². The molecule has 0 aromatic heterocycles. The predicted molar refractivity (Wildman–Crippen MR) is 60.1 cm³/mol. The van der Waals surface area contributed by atoms with E-state index in [1.807, 2.05) is 30.8 Å². The molecule has 0 spiro atoms. The number of hydrogen-bond acceptors (Lipinski definition) is 3. The summed E-state index contributed by atoms with van der Waals surface area (Å²) in [6, 6.07) is 0. The Morgan fingerprint density at radius 1 is 1.79 bits per heavy atom. The van der Waals surface area contributed by atoms with Gasteiger partial charge < -0.3 is 4.74 Å². The van der Waals surface area contributed by atoms with Gasteiger partial charge in [0.05, 0.1) is 13.0 Å². The molecule has 2 nitrogen and oxygen atoms in total. The number of rotatable bonds is 4. The molecule has 1 aliphatic heterocycles. The molecule has 1 atom stereocenters. The van der Waals surface area contributed by atoms with E-state index in [9.17, 15) is 4.79 Å². The number of carbonyl (C=O) groups is 1. The Morgan fingerprint density at radius 2 is 2.57 bits per heavy atom. The number of thioether (sulfide) groups is 1. The number of hydrogen-bond donors (Lipinski definition) is 0. The molecule has 0 aliphatic carbocycles. The summed E-state index contributed by atoms with van der Waals surface area (Å²) in [7, 11) is 0. The minimum atomic E-state index is -0.152. The molecule has 1 unspecified atom stereocenters. The summed E-state index contributed by atoms with van der Waals surface area (Å²) < 4.78 is 4.81. The van der Waals surface area contributed by atoms with Crippen LogP contribution in [0.4, 0.5) is 0 Å². The molecule has 0 radical (unpaired) electrons. The van der Waals surface area contributed by atoms with E-state index in [0.29, 0.717) is 18.9 Å². The lowest BCUT2D eigenvalue weighted by molar-refractivity contribution is -0.142. The fourth-order valence-electron chi connectivity index (χ4n) is 1.20. The van der Waals surface area contributed by atoms with Crippen LogP contribution in [-0.2, 0) is 9.53 Å². The van der Waals surface area contributed by atoms with Gasteiger partial charge in [0, 0.05) is 10.7 Å². The van der Waals surface area contributed by atoms with E-state index in [-0.39, 0.29) is 5.97 Å². The maximum absolute atomic E-state index is 11.0. The smallest absolute Gasteiger partial charge is 0.309 e. The van der Waals surface area contributed by atoms with Crippen LogP contribution in [0.2, 0.25) is 0 Å². The van der Waals surface area contributed by atoms with Crippen LogP contribution in [0.1, 0.15) is 20.3 Å². The molecule has 0 aromatic rings. The Kier molecular flexibility index (Phi) is 4.80. The lowest BCUT2D eigenvalue weighted by atomic mass is 10.2. The molecule has 0 saturated heterocycles. The Morgan fingerprint density at radius 3 is 3.14 bits per heavy atom. The van der Waals surface area contributed by atoms with Gasteiger partial charge in [-0.1, -0.05) is 25.2 Å². The summed E-state index contributed by atoms with van der Waals surface area (Å²) in [6.07, 6.45) is 6.48. The van der Waals surface area contributed by atoms with Crippen LogP contribution < -0.4 is 0 Å². The monoisotopic (exact) mass is 212 g/mol. The minimum Gasteiger partial charge on any atom is -0.466 e. The van der Waals surface area contributed by atoms with Crippen LogP contribution in [0.3, 0.4) is 0 Å². The normalized spacial score (nSPS) is 21.3. The van der Waals surface area contributed by atoms with Crippen LogP contribution in [0.5, 0.6) is 0 Å². The highest BCUT2D eigenvalue weighted by atomic mass is 32.2. The zero-order chi connectivity index (χ0) is 10.4.